The number of benzene rings is 2. The summed E-state index contributed by atoms with van der Waals surface area (Å²) in [6.45, 7) is 4.21. The Balaban J connectivity index is 1.46. The predicted molar refractivity (Wildman–Crippen MR) is 128 cm³/mol. The van der Waals surface area contributed by atoms with Gasteiger partial charge in [-0.25, -0.2) is 0 Å². The Kier molecular flexibility index (Phi) is 6.62. The fourth-order valence-corrected chi connectivity index (χ4v) is 3.89. The van der Waals surface area contributed by atoms with E-state index in [4.69, 9.17) is 4.74 Å². The molecule has 0 aliphatic rings. The molecule has 4 aromatic rings. The number of aromatic nitrogens is 3. The maximum atomic E-state index is 12.7. The van der Waals surface area contributed by atoms with Crippen molar-refractivity contribution in [3.05, 3.63) is 94.3 Å². The topological polar surface area (TPSA) is 92.8 Å². The number of aryl methyl sites for hydroxylation is 2. The highest BCUT2D eigenvalue weighted by atomic mass is 32.1. The van der Waals surface area contributed by atoms with E-state index in [1.165, 1.54) is 11.3 Å². The number of nitriles is 1. The number of nitrogens with zero attached hydrogens (tertiary/aromatic N) is 4. The van der Waals surface area contributed by atoms with E-state index in [2.05, 4.69) is 15.5 Å². The summed E-state index contributed by atoms with van der Waals surface area (Å²) in [7, 11) is 0. The molecular weight excluding hydrogens is 434 g/mol. The molecule has 4 rings (SSSR count). The fourth-order valence-electron chi connectivity index (χ4n) is 3.25. The Hall–Kier alpha value is -4.22. The number of anilines is 1. The minimum atomic E-state index is -0.544. The average molecular weight is 456 g/mol. The summed E-state index contributed by atoms with van der Waals surface area (Å²) in [5.74, 6) is 0.224. The Morgan fingerprint density at radius 2 is 1.85 bits per heavy atom. The Morgan fingerprint density at radius 1 is 1.09 bits per heavy atom. The lowest BCUT2D eigenvalue weighted by atomic mass is 10.2. The molecule has 0 aliphatic heterocycles. The van der Waals surface area contributed by atoms with Crippen molar-refractivity contribution < 1.29 is 9.53 Å². The summed E-state index contributed by atoms with van der Waals surface area (Å²) >= 11 is 1.20. The molecule has 0 unspecified atom stereocenters. The fraction of sp³-hybridized carbons (Fsp3) is 0.120. The van der Waals surface area contributed by atoms with Crippen molar-refractivity contribution in [2.24, 2.45) is 0 Å². The van der Waals surface area contributed by atoms with Crippen LogP contribution in [-0.4, -0.2) is 20.7 Å². The second-order valence-electron chi connectivity index (χ2n) is 7.27. The van der Waals surface area contributed by atoms with Gasteiger partial charge in [-0.1, -0.05) is 47.7 Å². The molecule has 164 valence electrons. The number of para-hydroxylation sites is 2. The maximum Gasteiger partial charge on any atom is 0.268 e. The maximum absolute atomic E-state index is 12.7. The summed E-state index contributed by atoms with van der Waals surface area (Å²) in [5, 5.41) is 21.2. The molecule has 33 heavy (non-hydrogen) atoms. The Labute approximate surface area is 195 Å². The minimum Gasteiger partial charge on any atom is -0.486 e. The molecule has 0 radical (unpaired) electrons. The average Bonchev–Trinajstić information content (AvgIpc) is 3.46. The molecule has 2 aromatic carbocycles. The van der Waals surface area contributed by atoms with E-state index in [1.54, 1.807) is 6.08 Å². The van der Waals surface area contributed by atoms with Crippen molar-refractivity contribution in [2.45, 2.75) is 20.5 Å². The van der Waals surface area contributed by atoms with Crippen LogP contribution in [0, 0.1) is 25.2 Å². The van der Waals surface area contributed by atoms with Crippen LogP contribution in [0.1, 0.15) is 21.8 Å². The summed E-state index contributed by atoms with van der Waals surface area (Å²) in [5.41, 5.74) is 3.78. The van der Waals surface area contributed by atoms with Crippen LogP contribution in [0.25, 0.3) is 11.8 Å². The zero-order valence-corrected chi connectivity index (χ0v) is 19.0. The monoisotopic (exact) mass is 455 g/mol. The number of rotatable bonds is 7. The van der Waals surface area contributed by atoms with Gasteiger partial charge >= 0.3 is 0 Å². The molecule has 7 nitrogen and oxygen atoms in total. The van der Waals surface area contributed by atoms with Gasteiger partial charge in [-0.2, -0.15) is 5.26 Å². The zero-order chi connectivity index (χ0) is 23.2. The molecule has 0 saturated carbocycles. The molecular formula is C25H21N5O2S. The normalized spacial score (nSPS) is 11.1. The van der Waals surface area contributed by atoms with Crippen LogP contribution < -0.4 is 10.1 Å². The van der Waals surface area contributed by atoms with Crippen molar-refractivity contribution in [2.75, 3.05) is 5.32 Å². The third-order valence-electron chi connectivity index (χ3n) is 4.94. The van der Waals surface area contributed by atoms with E-state index in [9.17, 15) is 10.1 Å². The summed E-state index contributed by atoms with van der Waals surface area (Å²) in [6.07, 6.45) is 3.46. The molecule has 0 aliphatic carbocycles. The first kappa shape index (κ1) is 22.0. The number of hydrogen-bond acceptors (Lipinski definition) is 6. The van der Waals surface area contributed by atoms with Crippen LogP contribution in [0.4, 0.5) is 5.13 Å². The van der Waals surface area contributed by atoms with E-state index < -0.39 is 5.91 Å². The van der Waals surface area contributed by atoms with Gasteiger partial charge in [0.1, 0.15) is 24.0 Å². The van der Waals surface area contributed by atoms with Gasteiger partial charge < -0.3 is 9.30 Å². The standard InChI is InChI=1S/C25H21N5O2S/c1-17-8-3-5-11-21(17)30-13-7-10-20(30)14-19(15-26)24(31)27-25-29-28-23(33-25)16-32-22-12-6-4-9-18(22)2/h3-14H,16H2,1-2H3,(H,27,29,31)/b19-14-. The largest absolute Gasteiger partial charge is 0.486 e. The van der Waals surface area contributed by atoms with Gasteiger partial charge in [0.25, 0.3) is 5.91 Å². The van der Waals surface area contributed by atoms with Crippen LogP contribution in [0.15, 0.2) is 72.4 Å². The Morgan fingerprint density at radius 3 is 2.61 bits per heavy atom. The molecule has 0 bridgehead atoms. The number of amides is 1. The first-order chi connectivity index (χ1) is 16.0. The number of carbonyl (C=O) groups excluding carboxylic acids is 1. The van der Waals surface area contributed by atoms with Crippen LogP contribution in [-0.2, 0) is 11.4 Å². The van der Waals surface area contributed by atoms with E-state index in [0.717, 1.165) is 28.3 Å². The lowest BCUT2D eigenvalue weighted by molar-refractivity contribution is -0.112. The smallest absolute Gasteiger partial charge is 0.268 e. The third kappa shape index (κ3) is 5.17. The molecule has 2 aromatic heterocycles. The van der Waals surface area contributed by atoms with E-state index in [0.29, 0.717) is 10.1 Å². The van der Waals surface area contributed by atoms with Gasteiger partial charge in [0.15, 0.2) is 5.01 Å². The highest BCUT2D eigenvalue weighted by Gasteiger charge is 2.15. The van der Waals surface area contributed by atoms with Crippen LogP contribution in [0.2, 0.25) is 0 Å². The number of hydrogen-bond donors (Lipinski definition) is 1. The van der Waals surface area contributed by atoms with Gasteiger partial charge in [0.05, 0.1) is 0 Å². The van der Waals surface area contributed by atoms with Crippen molar-refractivity contribution in [3.63, 3.8) is 0 Å². The molecule has 1 amide bonds. The van der Waals surface area contributed by atoms with Gasteiger partial charge in [0, 0.05) is 17.6 Å². The molecule has 1 N–H and O–H groups in total. The second kappa shape index (κ2) is 9.94. The zero-order valence-electron chi connectivity index (χ0n) is 18.1. The first-order valence-corrected chi connectivity index (χ1v) is 11.0. The molecule has 0 atom stereocenters. The van der Waals surface area contributed by atoms with Crippen molar-refractivity contribution >= 4 is 28.5 Å². The SMILES string of the molecule is Cc1ccccc1OCc1nnc(NC(=O)/C(C#N)=C\c2cccn2-c2ccccc2C)s1. The molecule has 0 saturated heterocycles. The summed E-state index contributed by atoms with van der Waals surface area (Å²) in [4.78, 5) is 12.7. The van der Waals surface area contributed by atoms with Gasteiger partial charge in [-0.05, 0) is 55.3 Å². The van der Waals surface area contributed by atoms with E-state index in [-0.39, 0.29) is 12.2 Å². The third-order valence-corrected chi connectivity index (χ3v) is 5.76. The molecule has 0 fully saturated rings. The highest BCUT2D eigenvalue weighted by Crippen LogP contribution is 2.22. The lowest BCUT2D eigenvalue weighted by Gasteiger charge is -2.10. The number of nitrogens with one attached hydrogen (secondary N) is 1. The van der Waals surface area contributed by atoms with Crippen molar-refractivity contribution in [1.82, 2.24) is 14.8 Å². The van der Waals surface area contributed by atoms with Crippen molar-refractivity contribution in [3.8, 4) is 17.5 Å². The summed E-state index contributed by atoms with van der Waals surface area (Å²) < 4.78 is 7.71. The lowest BCUT2D eigenvalue weighted by Crippen LogP contribution is -2.13. The number of carbonyl (C=O) groups is 1. The second-order valence-corrected chi connectivity index (χ2v) is 8.33. The van der Waals surface area contributed by atoms with Gasteiger partial charge in [0.2, 0.25) is 5.13 Å². The van der Waals surface area contributed by atoms with E-state index in [1.807, 2.05) is 91.3 Å². The van der Waals surface area contributed by atoms with E-state index >= 15 is 0 Å². The van der Waals surface area contributed by atoms with Gasteiger partial charge in [-0.3, -0.25) is 10.1 Å². The van der Waals surface area contributed by atoms with Crippen molar-refractivity contribution in [1.29, 1.82) is 5.26 Å². The van der Waals surface area contributed by atoms with Crippen LogP contribution >= 0.6 is 11.3 Å². The van der Waals surface area contributed by atoms with Crippen LogP contribution in [0.3, 0.4) is 0 Å². The molecule has 2 heterocycles. The number of ether oxygens (including phenoxy) is 1. The minimum absolute atomic E-state index is 0.0311. The summed E-state index contributed by atoms with van der Waals surface area (Å²) in [6, 6.07) is 21.3. The highest BCUT2D eigenvalue weighted by molar-refractivity contribution is 7.15. The first-order valence-electron chi connectivity index (χ1n) is 10.2. The van der Waals surface area contributed by atoms with Gasteiger partial charge in [-0.15, -0.1) is 10.2 Å². The molecule has 8 heteroatoms. The Bertz CT molecular complexity index is 1360. The van der Waals surface area contributed by atoms with Crippen LogP contribution in [0.5, 0.6) is 5.75 Å². The predicted octanol–water partition coefficient (Wildman–Crippen LogP) is 5.07. The quantitative estimate of drug-likeness (QED) is 0.310. The molecule has 0 spiro atoms.